The highest BCUT2D eigenvalue weighted by atomic mass is 16.5. The van der Waals surface area contributed by atoms with Gasteiger partial charge >= 0.3 is 0 Å². The largest absolute Gasteiger partial charge is 0.371 e. The molecule has 0 radical (unpaired) electrons. The van der Waals surface area contributed by atoms with Crippen molar-refractivity contribution in [1.29, 1.82) is 0 Å². The first kappa shape index (κ1) is 9.79. The van der Waals surface area contributed by atoms with Crippen molar-refractivity contribution in [3.8, 4) is 0 Å². The van der Waals surface area contributed by atoms with Crippen LogP contribution in [0.25, 0.3) is 0 Å². The summed E-state index contributed by atoms with van der Waals surface area (Å²) < 4.78 is 5.75. The van der Waals surface area contributed by atoms with Gasteiger partial charge in [0.2, 0.25) is 0 Å². The minimum atomic E-state index is 0.403. The van der Waals surface area contributed by atoms with Gasteiger partial charge in [0.05, 0.1) is 12.2 Å². The molecule has 1 heteroatoms. The van der Waals surface area contributed by atoms with E-state index in [-0.39, 0.29) is 0 Å². The number of rotatable bonds is 4. The van der Waals surface area contributed by atoms with Gasteiger partial charge in [-0.05, 0) is 19.8 Å². The van der Waals surface area contributed by atoms with Crippen molar-refractivity contribution in [2.45, 2.75) is 58.2 Å². The Bertz CT molecular complexity index is 140. The van der Waals surface area contributed by atoms with Gasteiger partial charge in [0.1, 0.15) is 0 Å². The van der Waals surface area contributed by atoms with E-state index in [1.165, 1.54) is 25.7 Å². The highest BCUT2D eigenvalue weighted by Crippen LogP contribution is 2.16. The zero-order valence-electron chi connectivity index (χ0n) is 8.25. The molecule has 1 aliphatic heterocycles. The number of hydrogen-bond acceptors (Lipinski definition) is 1. The van der Waals surface area contributed by atoms with Crippen LogP contribution >= 0.6 is 0 Å². The monoisotopic (exact) mass is 168 g/mol. The van der Waals surface area contributed by atoms with E-state index in [2.05, 4.69) is 26.0 Å². The number of unbranched alkanes of at least 4 members (excludes halogenated alkanes) is 2. The summed E-state index contributed by atoms with van der Waals surface area (Å²) in [4.78, 5) is 0. The Balaban J connectivity index is 2.14. The van der Waals surface area contributed by atoms with Crippen LogP contribution in [0, 0.1) is 0 Å². The normalized spacial score (nSPS) is 29.2. The van der Waals surface area contributed by atoms with E-state index in [0.717, 1.165) is 6.42 Å². The van der Waals surface area contributed by atoms with E-state index in [1.807, 2.05) is 0 Å². The van der Waals surface area contributed by atoms with Crippen molar-refractivity contribution in [2.75, 3.05) is 0 Å². The van der Waals surface area contributed by atoms with Gasteiger partial charge in [-0.25, -0.2) is 0 Å². The zero-order valence-corrected chi connectivity index (χ0v) is 8.25. The van der Waals surface area contributed by atoms with Gasteiger partial charge in [-0.2, -0.15) is 0 Å². The molecule has 0 aromatic heterocycles. The fraction of sp³-hybridized carbons (Fsp3) is 0.818. The lowest BCUT2D eigenvalue weighted by molar-refractivity contribution is 0.0123. The molecule has 1 aliphatic rings. The molecule has 1 rings (SSSR count). The molecule has 0 aliphatic carbocycles. The Hall–Kier alpha value is -0.300. The third-order valence-corrected chi connectivity index (χ3v) is 2.32. The molecule has 12 heavy (non-hydrogen) atoms. The van der Waals surface area contributed by atoms with Gasteiger partial charge in [-0.15, -0.1) is 0 Å². The summed E-state index contributed by atoms with van der Waals surface area (Å²) in [6.07, 6.45) is 11.5. The van der Waals surface area contributed by atoms with Crippen LogP contribution < -0.4 is 0 Å². The predicted molar refractivity (Wildman–Crippen MR) is 52.2 cm³/mol. The Morgan fingerprint density at radius 1 is 1.42 bits per heavy atom. The van der Waals surface area contributed by atoms with Crippen LogP contribution in [0.1, 0.15) is 46.0 Å². The summed E-state index contributed by atoms with van der Waals surface area (Å²) in [7, 11) is 0. The van der Waals surface area contributed by atoms with Gasteiger partial charge in [0.25, 0.3) is 0 Å². The summed E-state index contributed by atoms with van der Waals surface area (Å²) >= 11 is 0. The van der Waals surface area contributed by atoms with Gasteiger partial charge in [-0.1, -0.05) is 38.3 Å². The Labute approximate surface area is 75.8 Å². The molecule has 1 heterocycles. The quantitative estimate of drug-likeness (QED) is 0.462. The third kappa shape index (κ3) is 3.40. The topological polar surface area (TPSA) is 9.23 Å². The fourth-order valence-corrected chi connectivity index (χ4v) is 1.58. The lowest BCUT2D eigenvalue weighted by atomic mass is 10.1. The molecule has 0 N–H and O–H groups in total. The van der Waals surface area contributed by atoms with Crippen molar-refractivity contribution in [2.24, 2.45) is 0 Å². The molecule has 0 saturated carbocycles. The Morgan fingerprint density at radius 2 is 2.25 bits per heavy atom. The van der Waals surface area contributed by atoms with Gasteiger partial charge in [-0.3, -0.25) is 0 Å². The molecule has 0 bridgehead atoms. The smallest absolute Gasteiger partial charge is 0.0759 e. The molecule has 0 fully saturated rings. The third-order valence-electron chi connectivity index (χ3n) is 2.32. The minimum absolute atomic E-state index is 0.403. The van der Waals surface area contributed by atoms with Crippen LogP contribution in [0.15, 0.2) is 12.2 Å². The average Bonchev–Trinajstić information content (AvgIpc) is 2.05. The molecule has 0 aromatic rings. The van der Waals surface area contributed by atoms with Crippen molar-refractivity contribution in [3.63, 3.8) is 0 Å². The Morgan fingerprint density at radius 3 is 2.92 bits per heavy atom. The van der Waals surface area contributed by atoms with E-state index in [9.17, 15) is 0 Å². The molecular formula is C11H20O. The SMILES string of the molecule is CCCCCC1C=CCC(C)O1. The second-order valence-corrected chi connectivity index (χ2v) is 3.64. The molecular weight excluding hydrogens is 148 g/mol. The van der Waals surface area contributed by atoms with Crippen LogP contribution in [-0.2, 0) is 4.74 Å². The van der Waals surface area contributed by atoms with E-state index in [1.54, 1.807) is 0 Å². The van der Waals surface area contributed by atoms with Crippen molar-refractivity contribution in [1.82, 2.24) is 0 Å². The van der Waals surface area contributed by atoms with Crippen molar-refractivity contribution in [3.05, 3.63) is 12.2 Å². The summed E-state index contributed by atoms with van der Waals surface area (Å²) in [5.74, 6) is 0. The molecule has 2 unspecified atom stereocenters. The second kappa shape index (κ2) is 5.36. The summed E-state index contributed by atoms with van der Waals surface area (Å²) in [5.41, 5.74) is 0. The average molecular weight is 168 g/mol. The maximum absolute atomic E-state index is 5.75. The first-order valence-electron chi connectivity index (χ1n) is 5.15. The highest BCUT2D eigenvalue weighted by molar-refractivity contribution is 4.95. The maximum Gasteiger partial charge on any atom is 0.0759 e. The van der Waals surface area contributed by atoms with Gasteiger partial charge < -0.3 is 4.74 Å². The van der Waals surface area contributed by atoms with Crippen LogP contribution in [0.2, 0.25) is 0 Å². The predicted octanol–water partition coefficient (Wildman–Crippen LogP) is 3.30. The van der Waals surface area contributed by atoms with Crippen molar-refractivity contribution >= 4 is 0 Å². The Kier molecular flexibility index (Phi) is 4.37. The standard InChI is InChI=1S/C11H20O/c1-3-4-5-8-11-9-6-7-10(2)12-11/h6,9-11H,3-5,7-8H2,1-2H3. The van der Waals surface area contributed by atoms with Gasteiger partial charge in [0.15, 0.2) is 0 Å². The fourth-order valence-electron chi connectivity index (χ4n) is 1.58. The van der Waals surface area contributed by atoms with Crippen LogP contribution in [0.5, 0.6) is 0 Å². The van der Waals surface area contributed by atoms with E-state index in [0.29, 0.717) is 12.2 Å². The van der Waals surface area contributed by atoms with Crippen LogP contribution in [0.4, 0.5) is 0 Å². The minimum Gasteiger partial charge on any atom is -0.371 e. The molecule has 0 saturated heterocycles. The first-order valence-corrected chi connectivity index (χ1v) is 5.15. The summed E-state index contributed by atoms with van der Waals surface area (Å²) in [5, 5.41) is 0. The summed E-state index contributed by atoms with van der Waals surface area (Å²) in [6.45, 7) is 4.39. The zero-order chi connectivity index (χ0) is 8.81. The summed E-state index contributed by atoms with van der Waals surface area (Å²) in [6, 6.07) is 0. The van der Waals surface area contributed by atoms with Crippen LogP contribution in [0.3, 0.4) is 0 Å². The molecule has 2 atom stereocenters. The first-order chi connectivity index (χ1) is 5.83. The van der Waals surface area contributed by atoms with Crippen LogP contribution in [-0.4, -0.2) is 12.2 Å². The van der Waals surface area contributed by atoms with E-state index in [4.69, 9.17) is 4.74 Å². The maximum atomic E-state index is 5.75. The molecule has 0 aromatic carbocycles. The highest BCUT2D eigenvalue weighted by Gasteiger charge is 2.12. The van der Waals surface area contributed by atoms with Gasteiger partial charge in [0, 0.05) is 0 Å². The number of ether oxygens (including phenoxy) is 1. The lowest BCUT2D eigenvalue weighted by Crippen LogP contribution is -2.21. The molecule has 0 amide bonds. The molecule has 70 valence electrons. The van der Waals surface area contributed by atoms with Crippen molar-refractivity contribution < 1.29 is 4.74 Å². The number of hydrogen-bond donors (Lipinski definition) is 0. The molecule has 0 spiro atoms. The van der Waals surface area contributed by atoms with E-state index < -0.39 is 0 Å². The van der Waals surface area contributed by atoms with E-state index >= 15 is 0 Å². The second-order valence-electron chi connectivity index (χ2n) is 3.64. The lowest BCUT2D eigenvalue weighted by Gasteiger charge is -2.22. The molecule has 1 nitrogen and oxygen atoms in total.